The average molecular weight is 348 g/mol. The van der Waals surface area contributed by atoms with Crippen LogP contribution in [-0.4, -0.2) is 61.0 Å². The highest BCUT2D eigenvalue weighted by molar-refractivity contribution is 7.98. The predicted molar refractivity (Wildman–Crippen MR) is 84.0 cm³/mol. The third-order valence-corrected chi connectivity index (χ3v) is 4.05. The lowest BCUT2D eigenvalue weighted by Gasteiger charge is -2.23. The summed E-state index contributed by atoms with van der Waals surface area (Å²) in [6.07, 6.45) is 0.514. The Morgan fingerprint density at radius 3 is 2.73 bits per heavy atom. The standard InChI is InChI=1S/C13H18ClN3O4S/c1-7(19)10(20)9(5-18)21-6-17-4-3-8-11(14)15-13(22-2)16-12(8)17/h3-4,7,9-10,18-20H,5-6H2,1-2H3/t7-,9+,10-/m0/s1. The molecular weight excluding hydrogens is 330 g/mol. The van der Waals surface area contributed by atoms with E-state index in [1.807, 2.05) is 6.26 Å². The Kier molecular flexibility index (Phi) is 6.01. The summed E-state index contributed by atoms with van der Waals surface area (Å²) in [5, 5.41) is 30.0. The van der Waals surface area contributed by atoms with Crippen LogP contribution in [0, 0.1) is 0 Å². The largest absolute Gasteiger partial charge is 0.394 e. The SMILES string of the molecule is CSc1nc(Cl)c2ccn(CO[C@H](CO)[C@@H](O)[C@H](C)O)c2n1. The van der Waals surface area contributed by atoms with Crippen LogP contribution in [0.15, 0.2) is 17.4 Å². The highest BCUT2D eigenvalue weighted by atomic mass is 35.5. The minimum atomic E-state index is -1.17. The molecule has 0 bridgehead atoms. The molecular formula is C13H18ClN3O4S. The number of hydrogen-bond acceptors (Lipinski definition) is 7. The van der Waals surface area contributed by atoms with E-state index in [1.54, 1.807) is 16.8 Å². The van der Waals surface area contributed by atoms with Crippen LogP contribution in [0.2, 0.25) is 5.15 Å². The highest BCUT2D eigenvalue weighted by Gasteiger charge is 2.24. The molecule has 7 nitrogen and oxygen atoms in total. The molecule has 0 aromatic carbocycles. The van der Waals surface area contributed by atoms with Crippen LogP contribution in [0.4, 0.5) is 0 Å². The second kappa shape index (κ2) is 7.58. The number of aromatic nitrogens is 3. The first-order valence-electron chi connectivity index (χ1n) is 6.63. The van der Waals surface area contributed by atoms with E-state index < -0.39 is 24.9 Å². The quantitative estimate of drug-likeness (QED) is 0.388. The Bertz CT molecular complexity index is 637. The summed E-state index contributed by atoms with van der Waals surface area (Å²) in [5.41, 5.74) is 0.604. The minimum Gasteiger partial charge on any atom is -0.394 e. The van der Waals surface area contributed by atoms with Gasteiger partial charge in [0, 0.05) is 6.20 Å². The summed E-state index contributed by atoms with van der Waals surface area (Å²) >= 11 is 7.48. The van der Waals surface area contributed by atoms with Crippen molar-refractivity contribution in [3.8, 4) is 0 Å². The first kappa shape index (κ1) is 17.5. The maximum atomic E-state index is 9.76. The topological polar surface area (TPSA) is 101 Å². The summed E-state index contributed by atoms with van der Waals surface area (Å²) in [6.45, 7) is 1.08. The van der Waals surface area contributed by atoms with E-state index in [0.717, 1.165) is 0 Å². The number of aliphatic hydroxyl groups excluding tert-OH is 3. The Morgan fingerprint density at radius 2 is 2.14 bits per heavy atom. The highest BCUT2D eigenvalue weighted by Crippen LogP contribution is 2.24. The Hall–Kier alpha value is -0.900. The molecule has 9 heteroatoms. The summed E-state index contributed by atoms with van der Waals surface area (Å²) in [7, 11) is 0. The number of aliphatic hydroxyl groups is 3. The number of hydrogen-bond donors (Lipinski definition) is 3. The van der Waals surface area contributed by atoms with Crippen LogP contribution in [0.1, 0.15) is 6.92 Å². The number of thioether (sulfide) groups is 1. The van der Waals surface area contributed by atoms with Crippen molar-refractivity contribution in [2.45, 2.75) is 37.1 Å². The maximum absolute atomic E-state index is 9.76. The van der Waals surface area contributed by atoms with Gasteiger partial charge in [-0.3, -0.25) is 0 Å². The zero-order chi connectivity index (χ0) is 16.3. The molecule has 0 fully saturated rings. The van der Waals surface area contributed by atoms with Crippen molar-refractivity contribution in [1.29, 1.82) is 0 Å². The summed E-state index contributed by atoms with van der Waals surface area (Å²) in [5.74, 6) is 0. The summed E-state index contributed by atoms with van der Waals surface area (Å²) in [4.78, 5) is 8.52. The van der Waals surface area contributed by atoms with Crippen molar-refractivity contribution in [1.82, 2.24) is 14.5 Å². The van der Waals surface area contributed by atoms with Gasteiger partial charge in [0.15, 0.2) is 5.16 Å². The van der Waals surface area contributed by atoms with Crippen molar-refractivity contribution in [3.05, 3.63) is 17.4 Å². The second-order valence-corrected chi connectivity index (χ2v) is 5.90. The van der Waals surface area contributed by atoms with Crippen LogP contribution in [0.25, 0.3) is 11.0 Å². The molecule has 0 unspecified atom stereocenters. The lowest BCUT2D eigenvalue weighted by Crippen LogP contribution is -2.40. The van der Waals surface area contributed by atoms with Crippen molar-refractivity contribution < 1.29 is 20.1 Å². The molecule has 2 heterocycles. The fraction of sp³-hybridized carbons (Fsp3) is 0.538. The monoisotopic (exact) mass is 347 g/mol. The van der Waals surface area contributed by atoms with Gasteiger partial charge in [-0.1, -0.05) is 23.4 Å². The van der Waals surface area contributed by atoms with E-state index in [9.17, 15) is 15.3 Å². The van der Waals surface area contributed by atoms with Gasteiger partial charge in [0.2, 0.25) is 0 Å². The molecule has 0 radical (unpaired) electrons. The van der Waals surface area contributed by atoms with Gasteiger partial charge in [-0.2, -0.15) is 0 Å². The van der Waals surface area contributed by atoms with E-state index in [1.165, 1.54) is 18.7 Å². The molecule has 0 saturated carbocycles. The molecule has 0 amide bonds. The van der Waals surface area contributed by atoms with Crippen LogP contribution in [0.5, 0.6) is 0 Å². The van der Waals surface area contributed by atoms with Crippen molar-refractivity contribution >= 4 is 34.4 Å². The van der Waals surface area contributed by atoms with E-state index >= 15 is 0 Å². The normalized spacial score (nSPS) is 15.9. The molecule has 2 aromatic rings. The molecule has 0 aliphatic rings. The van der Waals surface area contributed by atoms with E-state index in [2.05, 4.69) is 9.97 Å². The maximum Gasteiger partial charge on any atom is 0.190 e. The third-order valence-electron chi connectivity index (χ3n) is 3.22. The van der Waals surface area contributed by atoms with Crippen molar-refractivity contribution in [2.24, 2.45) is 0 Å². The van der Waals surface area contributed by atoms with Gasteiger partial charge in [-0.05, 0) is 19.2 Å². The first-order valence-corrected chi connectivity index (χ1v) is 8.23. The molecule has 3 atom stereocenters. The third kappa shape index (κ3) is 3.70. The molecule has 122 valence electrons. The number of nitrogens with zero attached hydrogens (tertiary/aromatic N) is 3. The van der Waals surface area contributed by atoms with Crippen molar-refractivity contribution in [3.63, 3.8) is 0 Å². The lowest BCUT2D eigenvalue weighted by molar-refractivity contribution is -0.119. The zero-order valence-corrected chi connectivity index (χ0v) is 13.8. The Labute approximate surface area is 136 Å². The molecule has 0 aliphatic heterocycles. The fourth-order valence-electron chi connectivity index (χ4n) is 1.95. The number of ether oxygens (including phenoxy) is 1. The number of fused-ring (bicyclic) bond motifs is 1. The van der Waals surface area contributed by atoms with Crippen molar-refractivity contribution in [2.75, 3.05) is 12.9 Å². The number of rotatable bonds is 7. The molecule has 0 spiro atoms. The van der Waals surface area contributed by atoms with Gasteiger partial charge in [0.25, 0.3) is 0 Å². The van der Waals surface area contributed by atoms with Gasteiger partial charge < -0.3 is 24.6 Å². The van der Waals surface area contributed by atoms with E-state index in [0.29, 0.717) is 21.3 Å². The molecule has 0 saturated heterocycles. The van der Waals surface area contributed by atoms with E-state index in [-0.39, 0.29) is 6.73 Å². The smallest absolute Gasteiger partial charge is 0.190 e. The van der Waals surface area contributed by atoms with Crippen LogP contribution in [-0.2, 0) is 11.5 Å². The lowest BCUT2D eigenvalue weighted by atomic mass is 10.1. The molecule has 0 aliphatic carbocycles. The second-order valence-electron chi connectivity index (χ2n) is 4.77. The molecule has 3 N–H and O–H groups in total. The minimum absolute atomic E-state index is 0.0552. The fourth-order valence-corrected chi connectivity index (χ4v) is 2.59. The molecule has 2 aromatic heterocycles. The average Bonchev–Trinajstić information content (AvgIpc) is 2.91. The molecule has 22 heavy (non-hydrogen) atoms. The van der Waals surface area contributed by atoms with Gasteiger partial charge in [-0.15, -0.1) is 0 Å². The van der Waals surface area contributed by atoms with Gasteiger partial charge in [0.05, 0.1) is 18.1 Å². The van der Waals surface area contributed by atoms with Crippen LogP contribution < -0.4 is 0 Å². The van der Waals surface area contributed by atoms with Crippen LogP contribution >= 0.6 is 23.4 Å². The van der Waals surface area contributed by atoms with Gasteiger partial charge >= 0.3 is 0 Å². The van der Waals surface area contributed by atoms with Gasteiger partial charge in [0.1, 0.15) is 29.7 Å². The Balaban J connectivity index is 2.19. The summed E-state index contributed by atoms with van der Waals surface area (Å²) in [6, 6.07) is 1.77. The Morgan fingerprint density at radius 1 is 1.41 bits per heavy atom. The molecule has 2 rings (SSSR count). The summed E-state index contributed by atoms with van der Waals surface area (Å²) < 4.78 is 7.17. The van der Waals surface area contributed by atoms with Crippen LogP contribution in [0.3, 0.4) is 0 Å². The van der Waals surface area contributed by atoms with E-state index in [4.69, 9.17) is 16.3 Å². The predicted octanol–water partition coefficient (Wildman–Crippen LogP) is 0.883. The zero-order valence-electron chi connectivity index (χ0n) is 12.2. The van der Waals surface area contributed by atoms with Gasteiger partial charge in [-0.25, -0.2) is 9.97 Å². The first-order chi connectivity index (χ1) is 10.5. The number of halogens is 1.